The number of amides is 1. The number of carbonyl (C=O) groups is 1. The molecular weight excluding hydrogens is 744 g/mol. The number of aryl methyl sites for hydroxylation is 1. The van der Waals surface area contributed by atoms with E-state index in [-0.39, 0.29) is 28.4 Å². The lowest BCUT2D eigenvalue weighted by atomic mass is 9.64. The van der Waals surface area contributed by atoms with Crippen LogP contribution < -0.4 is 14.4 Å². The summed E-state index contributed by atoms with van der Waals surface area (Å²) in [6, 6.07) is 12.4. The van der Waals surface area contributed by atoms with Crippen molar-refractivity contribution in [2.75, 3.05) is 77.6 Å². The number of hydrogen-bond donors (Lipinski definition) is 1. The van der Waals surface area contributed by atoms with Gasteiger partial charge >= 0.3 is 0 Å². The molecule has 11 heteroatoms. The van der Waals surface area contributed by atoms with Crippen LogP contribution in [0, 0.1) is 29.6 Å². The maximum Gasteiger partial charge on any atom is 0.262 e. The van der Waals surface area contributed by atoms with Crippen LogP contribution >= 0.6 is 11.6 Å². The molecule has 302 valence electrons. The van der Waals surface area contributed by atoms with Gasteiger partial charge in [-0.3, -0.25) is 19.3 Å². The third kappa shape index (κ3) is 7.89. The van der Waals surface area contributed by atoms with E-state index in [1.165, 1.54) is 11.1 Å². The van der Waals surface area contributed by atoms with Crippen molar-refractivity contribution in [1.82, 2.24) is 14.5 Å². The van der Waals surface area contributed by atoms with Crippen molar-refractivity contribution >= 4 is 38.8 Å². The van der Waals surface area contributed by atoms with E-state index in [1.807, 2.05) is 25.1 Å². The Kier molecular flexibility index (Phi) is 11.6. The van der Waals surface area contributed by atoms with Crippen molar-refractivity contribution < 1.29 is 23.2 Å². The molecule has 2 aliphatic carbocycles. The van der Waals surface area contributed by atoms with Crippen LogP contribution in [-0.2, 0) is 31.0 Å². The first-order valence-corrected chi connectivity index (χ1v) is 22.9. The van der Waals surface area contributed by atoms with Crippen LogP contribution in [-0.4, -0.2) is 115 Å². The number of hydrogen-bond acceptors (Lipinski definition) is 8. The first kappa shape index (κ1) is 39.8. The van der Waals surface area contributed by atoms with E-state index in [0.717, 1.165) is 114 Å². The zero-order chi connectivity index (χ0) is 39.1. The first-order chi connectivity index (χ1) is 27.0. The van der Waals surface area contributed by atoms with Gasteiger partial charge in [0.05, 0.1) is 35.2 Å². The van der Waals surface area contributed by atoms with Gasteiger partial charge in [0, 0.05) is 92.6 Å². The molecule has 9 nitrogen and oxygen atoms in total. The molecule has 2 aromatic carbocycles. The van der Waals surface area contributed by atoms with Gasteiger partial charge in [-0.2, -0.15) is 0 Å². The highest BCUT2D eigenvalue weighted by Crippen LogP contribution is 2.49. The fraction of sp³-hybridized carbons (Fsp3) is 0.600. The van der Waals surface area contributed by atoms with E-state index >= 15 is 0 Å². The minimum atomic E-state index is -2.98. The molecule has 3 fully saturated rings. The Balaban J connectivity index is 1.13. The number of benzene rings is 2. The van der Waals surface area contributed by atoms with E-state index in [0.29, 0.717) is 30.6 Å². The molecular formula is C45H59ClN4O5S. The Morgan fingerprint density at radius 2 is 2.00 bits per heavy atom. The summed E-state index contributed by atoms with van der Waals surface area (Å²) in [6.07, 6.45) is 10.9. The van der Waals surface area contributed by atoms with E-state index < -0.39 is 15.3 Å². The lowest BCUT2D eigenvalue weighted by Gasteiger charge is -2.48. The molecule has 56 heavy (non-hydrogen) atoms. The minimum absolute atomic E-state index is 0.00743. The zero-order valence-electron chi connectivity index (χ0n) is 33.4. The number of carbonyl (C=O) groups excluding carboxylic acids is 1. The van der Waals surface area contributed by atoms with Crippen LogP contribution in [0.15, 0.2) is 48.6 Å². The van der Waals surface area contributed by atoms with Crippen LogP contribution in [0.3, 0.4) is 0 Å². The van der Waals surface area contributed by atoms with Gasteiger partial charge in [0.2, 0.25) is 0 Å². The fourth-order valence-electron chi connectivity index (χ4n) is 10.2. The van der Waals surface area contributed by atoms with Crippen molar-refractivity contribution in [2.24, 2.45) is 17.8 Å². The summed E-state index contributed by atoms with van der Waals surface area (Å²) in [5.74, 6) is 12.2. The standard InChI is InChI=1S/C45H59ClN4O5S/c1-32-9-7-19-45(53-3,18-5-6-20-48-21-22-49-23-24-54-29-38(49)28-48)40-14-11-36(40)27-50-30-44(17-8-10-34-25-37(46)13-15-39(34)44)31-55-42-16-12-35(26-41(42)50)43(51)47-56(4,52)33(32)2/h7,12-13,15-16,19,25-26,32-33,36,38,40H,4,6,8-11,14,17,20-24,27-31H2,1-3H3,(H,47,51,52)/b19-7+/t32-,33+,36-,38-,40+,44-,45-,56?/m0/s1. The number of nitrogens with zero attached hydrogens (tertiary/aromatic N) is 3. The SMILES string of the molecule is C=S1(=O)NC(=O)c2ccc3c(c2)N(C[C@@H]2CC[C@H]2[C@@](C#CCCN2CCN4CCOC[C@@H]4C2)(OC)/C=C/C[C@H](C)[C@H]1C)C[C@@]1(CCCc2cc(Cl)ccc21)CO3. The summed E-state index contributed by atoms with van der Waals surface area (Å²) >= 11 is 6.52. The average Bonchev–Trinajstić information content (AvgIpc) is 3.33. The molecule has 0 radical (unpaired) electrons. The van der Waals surface area contributed by atoms with Crippen molar-refractivity contribution in [1.29, 1.82) is 0 Å². The molecule has 2 bridgehead atoms. The molecule has 1 N–H and O–H groups in total. The second kappa shape index (κ2) is 16.3. The Morgan fingerprint density at radius 1 is 1.12 bits per heavy atom. The number of fused-ring (bicyclic) bond motifs is 5. The molecule has 1 unspecified atom stereocenters. The molecule has 4 aliphatic heterocycles. The number of nitrogens with one attached hydrogen (secondary N) is 1. The Bertz CT molecular complexity index is 2000. The van der Waals surface area contributed by atoms with Gasteiger partial charge in [-0.25, -0.2) is 4.21 Å². The maximum absolute atomic E-state index is 14.1. The van der Waals surface area contributed by atoms with Crippen LogP contribution in [0.1, 0.15) is 73.9 Å². The average molecular weight is 804 g/mol. The lowest BCUT2D eigenvalue weighted by molar-refractivity contribution is -0.0441. The van der Waals surface area contributed by atoms with Gasteiger partial charge in [-0.05, 0) is 111 Å². The molecule has 2 saturated heterocycles. The quantitative estimate of drug-likeness (QED) is 0.231. The summed E-state index contributed by atoms with van der Waals surface area (Å²) in [6.45, 7) is 12.8. The van der Waals surface area contributed by atoms with E-state index in [2.05, 4.69) is 68.3 Å². The highest BCUT2D eigenvalue weighted by molar-refractivity contribution is 7.99. The minimum Gasteiger partial charge on any atom is -0.490 e. The van der Waals surface area contributed by atoms with Gasteiger partial charge in [-0.15, -0.1) is 0 Å². The number of rotatable bonds is 3. The number of morpholine rings is 1. The summed E-state index contributed by atoms with van der Waals surface area (Å²) in [5, 5.41) is 0.396. The summed E-state index contributed by atoms with van der Waals surface area (Å²) in [4.78, 5) is 21.4. The topological polar surface area (TPSA) is 83.6 Å². The maximum atomic E-state index is 14.1. The number of anilines is 1. The van der Waals surface area contributed by atoms with E-state index in [1.54, 1.807) is 13.2 Å². The molecule has 0 aromatic heterocycles. The molecule has 1 spiro atoms. The predicted octanol–water partition coefficient (Wildman–Crippen LogP) is 5.98. The van der Waals surface area contributed by atoms with Crippen LogP contribution in [0.2, 0.25) is 5.02 Å². The number of halogens is 1. The third-order valence-electron chi connectivity index (χ3n) is 14.0. The third-order valence-corrected chi connectivity index (χ3v) is 16.4. The normalized spacial score (nSPS) is 35.6. The largest absolute Gasteiger partial charge is 0.490 e. The van der Waals surface area contributed by atoms with E-state index in [4.69, 9.17) is 25.8 Å². The Morgan fingerprint density at radius 3 is 2.82 bits per heavy atom. The van der Waals surface area contributed by atoms with Gasteiger partial charge in [0.1, 0.15) is 11.4 Å². The van der Waals surface area contributed by atoms with Gasteiger partial charge < -0.3 is 19.1 Å². The highest BCUT2D eigenvalue weighted by Gasteiger charge is 2.49. The van der Waals surface area contributed by atoms with Crippen molar-refractivity contribution in [3.8, 4) is 17.6 Å². The van der Waals surface area contributed by atoms with E-state index in [9.17, 15) is 9.00 Å². The molecule has 1 amide bonds. The molecule has 6 aliphatic rings. The fourth-order valence-corrected chi connectivity index (χ4v) is 11.9. The number of methoxy groups -OCH3 is 1. The van der Waals surface area contributed by atoms with Gasteiger partial charge in [0.15, 0.2) is 0 Å². The summed E-state index contributed by atoms with van der Waals surface area (Å²) < 4.78 is 36.0. The van der Waals surface area contributed by atoms with Crippen LogP contribution in [0.5, 0.6) is 5.75 Å². The first-order valence-electron chi connectivity index (χ1n) is 20.7. The number of piperazine rings is 1. The van der Waals surface area contributed by atoms with Crippen molar-refractivity contribution in [2.45, 2.75) is 81.1 Å². The van der Waals surface area contributed by atoms with Crippen LogP contribution in [0.25, 0.3) is 0 Å². The molecule has 8 rings (SSSR count). The monoisotopic (exact) mass is 802 g/mol. The lowest BCUT2D eigenvalue weighted by Crippen LogP contribution is -2.58. The second-order valence-electron chi connectivity index (χ2n) is 17.3. The second-order valence-corrected chi connectivity index (χ2v) is 20.2. The van der Waals surface area contributed by atoms with Gasteiger partial charge in [0.25, 0.3) is 5.91 Å². The molecule has 1 saturated carbocycles. The Hall–Kier alpha value is -3.04. The zero-order valence-corrected chi connectivity index (χ0v) is 35.0. The predicted molar refractivity (Wildman–Crippen MR) is 226 cm³/mol. The number of allylic oxidation sites excluding steroid dienone is 1. The Labute approximate surface area is 339 Å². The highest BCUT2D eigenvalue weighted by atomic mass is 35.5. The summed E-state index contributed by atoms with van der Waals surface area (Å²) in [7, 11) is -1.17. The molecule has 4 heterocycles. The van der Waals surface area contributed by atoms with Crippen molar-refractivity contribution in [3.05, 3.63) is 70.3 Å². The van der Waals surface area contributed by atoms with Gasteiger partial charge in [-0.1, -0.05) is 42.5 Å². The smallest absolute Gasteiger partial charge is 0.262 e. The molecule has 8 atom stereocenters. The summed E-state index contributed by atoms with van der Waals surface area (Å²) in [5.41, 5.74) is 2.91. The van der Waals surface area contributed by atoms with Crippen molar-refractivity contribution in [3.63, 3.8) is 0 Å². The van der Waals surface area contributed by atoms with Crippen LogP contribution in [0.4, 0.5) is 5.69 Å². The number of ether oxygens (including phenoxy) is 3. The molecule has 2 aromatic rings.